The highest BCUT2D eigenvalue weighted by Crippen LogP contribution is 2.16. The van der Waals surface area contributed by atoms with Gasteiger partial charge in [0, 0.05) is 24.3 Å². The van der Waals surface area contributed by atoms with E-state index in [1.165, 1.54) is 32.5 Å². The lowest BCUT2D eigenvalue weighted by Gasteiger charge is -2.36. The Morgan fingerprint density at radius 2 is 2.10 bits per heavy atom. The fourth-order valence-corrected chi connectivity index (χ4v) is 2.77. The summed E-state index contributed by atoms with van der Waals surface area (Å²) < 4.78 is 5.76. The summed E-state index contributed by atoms with van der Waals surface area (Å²) in [4.78, 5) is 4.95. The SMILES string of the molecule is CCN1CCC(N(C)CCOc2cccc(N)c2)CC1. The van der Waals surface area contributed by atoms with Gasteiger partial charge in [-0.25, -0.2) is 0 Å². The van der Waals surface area contributed by atoms with Gasteiger partial charge in [0.15, 0.2) is 0 Å². The second-order valence-corrected chi connectivity index (χ2v) is 5.57. The maximum absolute atomic E-state index is 5.76. The lowest BCUT2D eigenvalue weighted by molar-refractivity contribution is 0.118. The summed E-state index contributed by atoms with van der Waals surface area (Å²) in [5.41, 5.74) is 6.49. The predicted octanol–water partition coefficient (Wildman–Crippen LogP) is 2.06. The Labute approximate surface area is 122 Å². The van der Waals surface area contributed by atoms with Gasteiger partial charge in [-0.1, -0.05) is 13.0 Å². The Morgan fingerprint density at radius 1 is 1.35 bits per heavy atom. The number of hydrogen-bond acceptors (Lipinski definition) is 4. The number of anilines is 1. The topological polar surface area (TPSA) is 41.7 Å². The van der Waals surface area contributed by atoms with Crippen molar-refractivity contribution < 1.29 is 4.74 Å². The van der Waals surface area contributed by atoms with E-state index in [1.807, 2.05) is 24.3 Å². The molecule has 0 unspecified atom stereocenters. The maximum Gasteiger partial charge on any atom is 0.121 e. The van der Waals surface area contributed by atoms with Crippen molar-refractivity contribution in [3.63, 3.8) is 0 Å². The molecule has 0 atom stereocenters. The molecule has 4 nitrogen and oxygen atoms in total. The molecule has 1 saturated heterocycles. The minimum absolute atomic E-state index is 0.697. The normalized spacial score (nSPS) is 17.6. The smallest absolute Gasteiger partial charge is 0.121 e. The van der Waals surface area contributed by atoms with E-state index in [-0.39, 0.29) is 0 Å². The quantitative estimate of drug-likeness (QED) is 0.808. The second kappa shape index (κ2) is 7.50. The van der Waals surface area contributed by atoms with Gasteiger partial charge in [-0.15, -0.1) is 0 Å². The fourth-order valence-electron chi connectivity index (χ4n) is 2.77. The zero-order valence-corrected chi connectivity index (χ0v) is 12.7. The predicted molar refractivity (Wildman–Crippen MR) is 84.1 cm³/mol. The van der Waals surface area contributed by atoms with Gasteiger partial charge in [-0.05, 0) is 51.7 Å². The van der Waals surface area contributed by atoms with Gasteiger partial charge >= 0.3 is 0 Å². The Hall–Kier alpha value is -1.26. The van der Waals surface area contributed by atoms with E-state index < -0.39 is 0 Å². The standard InChI is InChI=1S/C16H27N3O/c1-3-19-9-7-15(8-10-19)18(2)11-12-20-16-6-4-5-14(17)13-16/h4-6,13,15H,3,7-12,17H2,1-2H3. The van der Waals surface area contributed by atoms with Crippen LogP contribution in [0.15, 0.2) is 24.3 Å². The van der Waals surface area contributed by atoms with Crippen molar-refractivity contribution in [1.29, 1.82) is 0 Å². The van der Waals surface area contributed by atoms with E-state index in [0.717, 1.165) is 18.0 Å². The largest absolute Gasteiger partial charge is 0.492 e. The second-order valence-electron chi connectivity index (χ2n) is 5.57. The number of rotatable bonds is 6. The molecule has 0 saturated carbocycles. The zero-order chi connectivity index (χ0) is 14.4. The number of hydrogen-bond donors (Lipinski definition) is 1. The van der Waals surface area contributed by atoms with Crippen LogP contribution in [0.4, 0.5) is 5.69 Å². The summed E-state index contributed by atoms with van der Waals surface area (Å²) in [6.45, 7) is 7.54. The first-order valence-electron chi connectivity index (χ1n) is 7.60. The molecule has 1 heterocycles. The van der Waals surface area contributed by atoms with Crippen LogP contribution in [0.3, 0.4) is 0 Å². The molecule has 0 aromatic heterocycles. The van der Waals surface area contributed by atoms with Crippen LogP contribution in [0.2, 0.25) is 0 Å². The first-order chi connectivity index (χ1) is 9.69. The summed E-state index contributed by atoms with van der Waals surface area (Å²) in [6, 6.07) is 8.33. The molecule has 0 bridgehead atoms. The average Bonchev–Trinajstić information content (AvgIpc) is 2.47. The third-order valence-electron chi connectivity index (χ3n) is 4.20. The number of nitrogens with zero attached hydrogens (tertiary/aromatic N) is 2. The first kappa shape index (κ1) is 15.1. The van der Waals surface area contributed by atoms with Crippen molar-refractivity contribution in [1.82, 2.24) is 9.80 Å². The highest BCUT2D eigenvalue weighted by Gasteiger charge is 2.21. The van der Waals surface area contributed by atoms with Crippen LogP contribution in [-0.4, -0.2) is 55.7 Å². The molecular weight excluding hydrogens is 250 g/mol. The Balaban J connectivity index is 1.69. The number of nitrogens with two attached hydrogens (primary N) is 1. The van der Waals surface area contributed by atoms with Gasteiger partial charge in [0.25, 0.3) is 0 Å². The molecule has 4 heteroatoms. The summed E-state index contributed by atoms with van der Waals surface area (Å²) in [5.74, 6) is 0.860. The zero-order valence-electron chi connectivity index (χ0n) is 12.7. The van der Waals surface area contributed by atoms with E-state index in [0.29, 0.717) is 12.6 Å². The maximum atomic E-state index is 5.76. The summed E-state index contributed by atoms with van der Waals surface area (Å²) in [7, 11) is 2.20. The molecule has 112 valence electrons. The van der Waals surface area contributed by atoms with Crippen molar-refractivity contribution in [2.45, 2.75) is 25.8 Å². The van der Waals surface area contributed by atoms with Crippen molar-refractivity contribution in [2.24, 2.45) is 0 Å². The van der Waals surface area contributed by atoms with Gasteiger partial charge in [-0.3, -0.25) is 4.90 Å². The molecule has 20 heavy (non-hydrogen) atoms. The van der Waals surface area contributed by atoms with Crippen LogP contribution in [0.5, 0.6) is 5.75 Å². The molecular formula is C16H27N3O. The summed E-state index contributed by atoms with van der Waals surface area (Å²) in [6.07, 6.45) is 2.53. The van der Waals surface area contributed by atoms with E-state index in [9.17, 15) is 0 Å². The molecule has 1 aromatic rings. The van der Waals surface area contributed by atoms with Crippen molar-refractivity contribution in [3.8, 4) is 5.75 Å². The highest BCUT2D eigenvalue weighted by molar-refractivity contribution is 5.43. The monoisotopic (exact) mass is 277 g/mol. The van der Waals surface area contributed by atoms with E-state index in [1.54, 1.807) is 0 Å². The lowest BCUT2D eigenvalue weighted by atomic mass is 10.0. The molecule has 1 aliphatic rings. The fraction of sp³-hybridized carbons (Fsp3) is 0.625. The number of piperidine rings is 1. The van der Waals surface area contributed by atoms with Gasteiger partial charge in [-0.2, -0.15) is 0 Å². The minimum atomic E-state index is 0.697. The van der Waals surface area contributed by atoms with Crippen molar-refractivity contribution in [2.75, 3.05) is 45.6 Å². The number of benzene rings is 1. The summed E-state index contributed by atoms with van der Waals surface area (Å²) >= 11 is 0. The molecule has 2 rings (SSSR count). The molecule has 1 fully saturated rings. The van der Waals surface area contributed by atoms with Crippen molar-refractivity contribution >= 4 is 5.69 Å². The number of likely N-dealkylation sites (tertiary alicyclic amines) is 1. The molecule has 1 aliphatic heterocycles. The van der Waals surface area contributed by atoms with Crippen LogP contribution < -0.4 is 10.5 Å². The molecule has 0 radical (unpaired) electrons. The first-order valence-corrected chi connectivity index (χ1v) is 7.60. The van der Waals surface area contributed by atoms with E-state index >= 15 is 0 Å². The van der Waals surface area contributed by atoms with Gasteiger partial charge < -0.3 is 15.4 Å². The lowest BCUT2D eigenvalue weighted by Crippen LogP contribution is -2.44. The van der Waals surface area contributed by atoms with Crippen LogP contribution in [0.25, 0.3) is 0 Å². The van der Waals surface area contributed by atoms with Crippen LogP contribution in [-0.2, 0) is 0 Å². The van der Waals surface area contributed by atoms with Crippen LogP contribution in [0.1, 0.15) is 19.8 Å². The van der Waals surface area contributed by atoms with Crippen LogP contribution in [0, 0.1) is 0 Å². The number of likely N-dealkylation sites (N-methyl/N-ethyl adjacent to an activating group) is 1. The minimum Gasteiger partial charge on any atom is -0.492 e. The van der Waals surface area contributed by atoms with Gasteiger partial charge in [0.2, 0.25) is 0 Å². The highest BCUT2D eigenvalue weighted by atomic mass is 16.5. The Bertz CT molecular complexity index is 402. The molecule has 0 amide bonds. The number of ether oxygens (including phenoxy) is 1. The van der Waals surface area contributed by atoms with Crippen molar-refractivity contribution in [3.05, 3.63) is 24.3 Å². The molecule has 0 aliphatic carbocycles. The third kappa shape index (κ3) is 4.39. The molecule has 0 spiro atoms. The average molecular weight is 277 g/mol. The van der Waals surface area contributed by atoms with E-state index in [2.05, 4.69) is 23.8 Å². The summed E-state index contributed by atoms with van der Waals surface area (Å²) in [5, 5.41) is 0. The Kier molecular flexibility index (Phi) is 5.68. The molecule has 2 N–H and O–H groups in total. The van der Waals surface area contributed by atoms with Crippen LogP contribution >= 0.6 is 0 Å². The molecule has 1 aromatic carbocycles. The number of nitrogen functional groups attached to an aromatic ring is 1. The third-order valence-corrected chi connectivity index (χ3v) is 4.20. The Morgan fingerprint density at radius 3 is 2.75 bits per heavy atom. The van der Waals surface area contributed by atoms with E-state index in [4.69, 9.17) is 10.5 Å². The van der Waals surface area contributed by atoms with Gasteiger partial charge in [0.05, 0.1) is 0 Å². The van der Waals surface area contributed by atoms with Gasteiger partial charge in [0.1, 0.15) is 12.4 Å².